The molecule has 1 aliphatic carbocycles. The normalized spacial score (nSPS) is 21.5. The Kier molecular flexibility index (Phi) is 4.52. The van der Waals surface area contributed by atoms with E-state index in [1.54, 1.807) is 0 Å². The van der Waals surface area contributed by atoms with Crippen LogP contribution < -0.4 is 5.32 Å². The first kappa shape index (κ1) is 15.5. The number of carbonyl (C=O) groups excluding carboxylic acids is 2. The lowest BCUT2D eigenvalue weighted by Gasteiger charge is -2.32. The van der Waals surface area contributed by atoms with Crippen LogP contribution in [0.5, 0.6) is 0 Å². The minimum Gasteiger partial charge on any atom is -0.342 e. The fraction of sp³-hybridized carbons (Fsp3) is 0.529. The summed E-state index contributed by atoms with van der Waals surface area (Å²) in [5.74, 6) is 0.398. The summed E-state index contributed by atoms with van der Waals surface area (Å²) in [6.07, 6.45) is 3.80. The molecule has 1 aliphatic heterocycles. The summed E-state index contributed by atoms with van der Waals surface area (Å²) in [5.41, 5.74) is 1.88. The third-order valence-electron chi connectivity index (χ3n) is 4.49. The Balaban J connectivity index is 1.64. The summed E-state index contributed by atoms with van der Waals surface area (Å²) in [5, 5.41) is 3.02. The van der Waals surface area contributed by atoms with E-state index >= 15 is 0 Å². The van der Waals surface area contributed by atoms with Crippen molar-refractivity contribution in [3.8, 4) is 0 Å². The number of rotatable bonds is 3. The minimum absolute atomic E-state index is 0.0227. The van der Waals surface area contributed by atoms with Gasteiger partial charge in [0.15, 0.2) is 0 Å². The van der Waals surface area contributed by atoms with Crippen LogP contribution in [-0.2, 0) is 9.59 Å². The van der Waals surface area contributed by atoms with Gasteiger partial charge in [0.1, 0.15) is 0 Å². The average Bonchev–Trinajstić information content (AvgIpc) is 3.35. The van der Waals surface area contributed by atoms with Crippen LogP contribution in [0.25, 0.3) is 0 Å². The first-order valence-corrected chi connectivity index (χ1v) is 8.69. The lowest BCUT2D eigenvalue weighted by Crippen LogP contribution is -2.44. The van der Waals surface area contributed by atoms with Crippen LogP contribution in [0, 0.1) is 18.8 Å². The van der Waals surface area contributed by atoms with Crippen LogP contribution in [0.2, 0.25) is 0 Å². The molecule has 1 N–H and O–H groups in total. The Morgan fingerprint density at radius 1 is 1.23 bits per heavy atom. The van der Waals surface area contributed by atoms with Gasteiger partial charge < -0.3 is 10.2 Å². The number of piperidine rings is 1. The number of nitrogens with zero attached hydrogens (tertiary/aromatic N) is 1. The summed E-state index contributed by atoms with van der Waals surface area (Å²) in [6, 6.07) is 5.86. The van der Waals surface area contributed by atoms with Gasteiger partial charge in [-0.3, -0.25) is 9.59 Å². The number of hydrogen-bond acceptors (Lipinski definition) is 2. The number of nitrogens with one attached hydrogen (secondary N) is 1. The monoisotopic (exact) mass is 364 g/mol. The molecular formula is C17H21BrN2O2. The molecule has 1 aromatic rings. The van der Waals surface area contributed by atoms with Crippen molar-refractivity contribution in [1.82, 2.24) is 4.90 Å². The maximum atomic E-state index is 12.5. The first-order valence-electron chi connectivity index (χ1n) is 7.90. The molecule has 0 spiro atoms. The van der Waals surface area contributed by atoms with Crippen molar-refractivity contribution in [2.75, 3.05) is 18.4 Å². The molecule has 0 bridgehead atoms. The number of anilines is 1. The van der Waals surface area contributed by atoms with Crippen LogP contribution in [0.1, 0.15) is 31.2 Å². The fourth-order valence-electron chi connectivity index (χ4n) is 2.94. The first-order chi connectivity index (χ1) is 10.5. The number of hydrogen-bond donors (Lipinski definition) is 1. The van der Waals surface area contributed by atoms with E-state index in [2.05, 4.69) is 21.2 Å². The Bertz CT molecular complexity index is 598. The number of aryl methyl sites for hydroxylation is 1. The van der Waals surface area contributed by atoms with Crippen molar-refractivity contribution in [1.29, 1.82) is 0 Å². The highest BCUT2D eigenvalue weighted by Crippen LogP contribution is 2.32. The molecule has 0 radical (unpaired) electrons. The summed E-state index contributed by atoms with van der Waals surface area (Å²) < 4.78 is 0.947. The quantitative estimate of drug-likeness (QED) is 0.893. The van der Waals surface area contributed by atoms with E-state index in [0.29, 0.717) is 6.54 Å². The van der Waals surface area contributed by atoms with Gasteiger partial charge in [0.25, 0.3) is 0 Å². The van der Waals surface area contributed by atoms with E-state index in [1.807, 2.05) is 30.0 Å². The van der Waals surface area contributed by atoms with Gasteiger partial charge >= 0.3 is 0 Å². The van der Waals surface area contributed by atoms with Crippen LogP contribution in [0.4, 0.5) is 5.69 Å². The third-order valence-corrected chi connectivity index (χ3v) is 4.98. The van der Waals surface area contributed by atoms with Crippen LogP contribution >= 0.6 is 15.9 Å². The molecule has 3 rings (SSSR count). The molecule has 5 heteroatoms. The van der Waals surface area contributed by atoms with Crippen molar-refractivity contribution in [3.63, 3.8) is 0 Å². The molecule has 1 saturated heterocycles. The van der Waals surface area contributed by atoms with E-state index in [0.717, 1.165) is 48.0 Å². The molecule has 1 heterocycles. The molecule has 1 atom stereocenters. The largest absolute Gasteiger partial charge is 0.342 e. The highest BCUT2D eigenvalue weighted by Gasteiger charge is 2.36. The predicted molar refractivity (Wildman–Crippen MR) is 89.5 cm³/mol. The second kappa shape index (κ2) is 6.41. The Hall–Kier alpha value is -1.36. The van der Waals surface area contributed by atoms with Crippen LogP contribution in [0.15, 0.2) is 22.7 Å². The number of carbonyl (C=O) groups is 2. The molecular weight excluding hydrogens is 344 g/mol. The van der Waals surface area contributed by atoms with Crippen molar-refractivity contribution < 1.29 is 9.59 Å². The highest BCUT2D eigenvalue weighted by molar-refractivity contribution is 9.10. The lowest BCUT2D eigenvalue weighted by molar-refractivity contribution is -0.135. The number of amides is 2. The molecule has 2 amide bonds. The predicted octanol–water partition coefficient (Wildman–Crippen LogP) is 3.34. The fourth-order valence-corrected chi connectivity index (χ4v) is 3.30. The maximum absolute atomic E-state index is 12.5. The third kappa shape index (κ3) is 3.51. The zero-order valence-electron chi connectivity index (χ0n) is 12.8. The summed E-state index contributed by atoms with van der Waals surface area (Å²) in [6.45, 7) is 3.34. The molecule has 4 nitrogen and oxygen atoms in total. The molecule has 118 valence electrons. The molecule has 22 heavy (non-hydrogen) atoms. The van der Waals surface area contributed by atoms with E-state index in [-0.39, 0.29) is 23.7 Å². The van der Waals surface area contributed by atoms with Gasteiger partial charge in [0.2, 0.25) is 11.8 Å². The zero-order chi connectivity index (χ0) is 15.7. The van der Waals surface area contributed by atoms with Crippen LogP contribution in [-0.4, -0.2) is 29.8 Å². The van der Waals surface area contributed by atoms with Gasteiger partial charge in [-0.05, 0) is 50.3 Å². The van der Waals surface area contributed by atoms with Gasteiger partial charge in [0, 0.05) is 29.2 Å². The number of likely N-dealkylation sites (tertiary alicyclic amines) is 1. The topological polar surface area (TPSA) is 49.4 Å². The van der Waals surface area contributed by atoms with Gasteiger partial charge in [-0.1, -0.05) is 22.0 Å². The molecule has 1 unspecified atom stereocenters. The van der Waals surface area contributed by atoms with Gasteiger partial charge in [-0.15, -0.1) is 0 Å². The van der Waals surface area contributed by atoms with E-state index in [1.165, 1.54) is 0 Å². The second-order valence-electron chi connectivity index (χ2n) is 6.35. The van der Waals surface area contributed by atoms with Gasteiger partial charge in [0.05, 0.1) is 5.92 Å². The van der Waals surface area contributed by atoms with Crippen molar-refractivity contribution in [2.45, 2.75) is 32.6 Å². The molecule has 2 aliphatic rings. The molecule has 0 aromatic heterocycles. The Morgan fingerprint density at radius 2 is 2.00 bits per heavy atom. The average molecular weight is 365 g/mol. The van der Waals surface area contributed by atoms with Crippen molar-refractivity contribution >= 4 is 33.4 Å². The van der Waals surface area contributed by atoms with Crippen molar-refractivity contribution in [2.24, 2.45) is 11.8 Å². The second-order valence-corrected chi connectivity index (χ2v) is 7.26. The van der Waals surface area contributed by atoms with E-state index in [9.17, 15) is 9.59 Å². The van der Waals surface area contributed by atoms with Crippen LogP contribution in [0.3, 0.4) is 0 Å². The standard InChI is InChI=1S/C17H21BrN2O2/c1-11-4-7-14(18)9-15(11)19-16(21)13-3-2-8-20(10-13)17(22)12-5-6-12/h4,7,9,12-13H,2-3,5-6,8,10H2,1H3,(H,19,21). The summed E-state index contributed by atoms with van der Waals surface area (Å²) in [4.78, 5) is 26.6. The Labute approximate surface area is 139 Å². The summed E-state index contributed by atoms with van der Waals surface area (Å²) in [7, 11) is 0. The maximum Gasteiger partial charge on any atom is 0.229 e. The minimum atomic E-state index is -0.102. The highest BCUT2D eigenvalue weighted by atomic mass is 79.9. The smallest absolute Gasteiger partial charge is 0.229 e. The zero-order valence-corrected chi connectivity index (χ0v) is 14.4. The molecule has 1 saturated carbocycles. The Morgan fingerprint density at radius 3 is 2.73 bits per heavy atom. The van der Waals surface area contributed by atoms with Gasteiger partial charge in [-0.25, -0.2) is 0 Å². The number of benzene rings is 1. The SMILES string of the molecule is Cc1ccc(Br)cc1NC(=O)C1CCCN(C(=O)C2CC2)C1. The van der Waals surface area contributed by atoms with Gasteiger partial charge in [-0.2, -0.15) is 0 Å². The van der Waals surface area contributed by atoms with E-state index < -0.39 is 0 Å². The molecule has 2 fully saturated rings. The number of halogens is 1. The summed E-state index contributed by atoms with van der Waals surface area (Å²) >= 11 is 3.43. The molecule has 1 aromatic carbocycles. The lowest BCUT2D eigenvalue weighted by atomic mass is 9.96. The van der Waals surface area contributed by atoms with E-state index in [4.69, 9.17) is 0 Å². The van der Waals surface area contributed by atoms with Crippen molar-refractivity contribution in [3.05, 3.63) is 28.2 Å².